The van der Waals surface area contributed by atoms with Crippen molar-refractivity contribution < 1.29 is 5.11 Å². The van der Waals surface area contributed by atoms with Crippen molar-refractivity contribution in [3.8, 4) is 5.75 Å². The number of phenols is 1. The van der Waals surface area contributed by atoms with Crippen molar-refractivity contribution in [1.29, 1.82) is 0 Å². The number of benzene rings is 1. The third-order valence-corrected chi connectivity index (χ3v) is 5.49. The lowest BCUT2D eigenvalue weighted by molar-refractivity contribution is 0.115. The molecule has 0 radical (unpaired) electrons. The minimum atomic E-state index is -0.0582. The van der Waals surface area contributed by atoms with E-state index in [1.54, 1.807) is 12.1 Å². The molecule has 0 aliphatic heterocycles. The van der Waals surface area contributed by atoms with Gasteiger partial charge in [-0.25, -0.2) is 0 Å². The van der Waals surface area contributed by atoms with Gasteiger partial charge in [0.05, 0.1) is 0 Å². The first-order valence-corrected chi connectivity index (χ1v) is 7.91. The molecule has 1 fully saturated rings. The third kappa shape index (κ3) is 3.54. The Labute approximate surface area is 123 Å². The molecule has 0 aromatic heterocycles. The second-order valence-corrected chi connectivity index (χ2v) is 7.32. The van der Waals surface area contributed by atoms with Crippen molar-refractivity contribution in [2.45, 2.75) is 64.8 Å². The van der Waals surface area contributed by atoms with Gasteiger partial charge in [0.2, 0.25) is 0 Å². The molecule has 3 N–H and O–H groups in total. The van der Waals surface area contributed by atoms with Crippen molar-refractivity contribution >= 4 is 0 Å². The fourth-order valence-corrected chi connectivity index (χ4v) is 3.46. The molecule has 1 aromatic carbocycles. The molecule has 2 nitrogen and oxygen atoms in total. The lowest BCUT2D eigenvalue weighted by Crippen LogP contribution is -2.47. The molecule has 1 aliphatic rings. The van der Waals surface area contributed by atoms with Gasteiger partial charge in [-0.1, -0.05) is 39.3 Å². The second kappa shape index (κ2) is 5.77. The van der Waals surface area contributed by atoms with Crippen LogP contribution in [0.5, 0.6) is 5.75 Å². The topological polar surface area (TPSA) is 46.2 Å². The van der Waals surface area contributed by atoms with Gasteiger partial charge in [-0.05, 0) is 61.1 Å². The monoisotopic (exact) mass is 275 g/mol. The minimum absolute atomic E-state index is 0.0582. The first-order chi connectivity index (χ1) is 9.35. The summed E-state index contributed by atoms with van der Waals surface area (Å²) < 4.78 is 0. The molecular formula is C18H29NO. The summed E-state index contributed by atoms with van der Waals surface area (Å²) in [4.78, 5) is 0. The standard InChI is InChI=1S/C18H29NO/c1-4-17(2,3)15-9-11-18(19,12-10-15)13-14-5-7-16(20)8-6-14/h5-8,15,20H,4,9-13,19H2,1-3H3. The molecule has 0 saturated heterocycles. The van der Waals surface area contributed by atoms with Gasteiger partial charge in [0.15, 0.2) is 0 Å². The molecule has 0 bridgehead atoms. The molecular weight excluding hydrogens is 246 g/mol. The molecule has 0 unspecified atom stereocenters. The summed E-state index contributed by atoms with van der Waals surface area (Å²) in [5, 5.41) is 9.35. The molecule has 20 heavy (non-hydrogen) atoms. The Morgan fingerprint density at radius 1 is 1.20 bits per heavy atom. The van der Waals surface area contributed by atoms with Crippen molar-refractivity contribution in [1.82, 2.24) is 0 Å². The van der Waals surface area contributed by atoms with E-state index in [4.69, 9.17) is 5.73 Å². The van der Waals surface area contributed by atoms with Crippen molar-refractivity contribution in [3.05, 3.63) is 29.8 Å². The molecule has 1 aliphatic carbocycles. The van der Waals surface area contributed by atoms with Crippen LogP contribution in [-0.4, -0.2) is 10.6 Å². The van der Waals surface area contributed by atoms with Gasteiger partial charge in [0.25, 0.3) is 0 Å². The van der Waals surface area contributed by atoms with Gasteiger partial charge in [-0.15, -0.1) is 0 Å². The SMILES string of the molecule is CCC(C)(C)C1CCC(N)(Cc2ccc(O)cc2)CC1. The Kier molecular flexibility index (Phi) is 4.43. The van der Waals surface area contributed by atoms with Crippen LogP contribution in [0.3, 0.4) is 0 Å². The molecule has 0 atom stereocenters. The Bertz CT molecular complexity index is 427. The lowest BCUT2D eigenvalue weighted by atomic mass is 9.65. The van der Waals surface area contributed by atoms with E-state index in [9.17, 15) is 5.11 Å². The predicted molar refractivity (Wildman–Crippen MR) is 84.8 cm³/mol. The van der Waals surface area contributed by atoms with E-state index in [0.717, 1.165) is 25.2 Å². The summed E-state index contributed by atoms with van der Waals surface area (Å²) in [6.07, 6.45) is 6.88. The Morgan fingerprint density at radius 3 is 2.25 bits per heavy atom. The van der Waals surface area contributed by atoms with Crippen LogP contribution in [0.15, 0.2) is 24.3 Å². The van der Waals surface area contributed by atoms with E-state index in [1.807, 2.05) is 12.1 Å². The Morgan fingerprint density at radius 2 is 1.75 bits per heavy atom. The van der Waals surface area contributed by atoms with Crippen LogP contribution in [-0.2, 0) is 6.42 Å². The van der Waals surface area contributed by atoms with Gasteiger partial charge >= 0.3 is 0 Å². The maximum absolute atomic E-state index is 9.35. The second-order valence-electron chi connectivity index (χ2n) is 7.32. The van der Waals surface area contributed by atoms with E-state index in [0.29, 0.717) is 11.2 Å². The maximum atomic E-state index is 9.35. The van der Waals surface area contributed by atoms with E-state index in [1.165, 1.54) is 24.8 Å². The first kappa shape index (κ1) is 15.4. The van der Waals surface area contributed by atoms with Crippen LogP contribution in [0.1, 0.15) is 58.4 Å². The molecule has 0 spiro atoms. The van der Waals surface area contributed by atoms with Crippen molar-refractivity contribution in [2.24, 2.45) is 17.1 Å². The lowest BCUT2D eigenvalue weighted by Gasteiger charge is -2.43. The molecule has 112 valence electrons. The largest absolute Gasteiger partial charge is 0.508 e. The van der Waals surface area contributed by atoms with E-state index >= 15 is 0 Å². The Balaban J connectivity index is 1.96. The fraction of sp³-hybridized carbons (Fsp3) is 0.667. The average molecular weight is 275 g/mol. The molecule has 1 aromatic rings. The predicted octanol–water partition coefficient (Wildman–Crippen LogP) is 4.26. The number of hydrogen-bond acceptors (Lipinski definition) is 2. The van der Waals surface area contributed by atoms with Gasteiger partial charge in [0, 0.05) is 5.54 Å². The van der Waals surface area contributed by atoms with Crippen LogP contribution < -0.4 is 5.73 Å². The smallest absolute Gasteiger partial charge is 0.115 e. The van der Waals surface area contributed by atoms with Gasteiger partial charge < -0.3 is 10.8 Å². The fourth-order valence-electron chi connectivity index (χ4n) is 3.46. The number of rotatable bonds is 4. The zero-order valence-electron chi connectivity index (χ0n) is 13.2. The van der Waals surface area contributed by atoms with Gasteiger partial charge in [-0.3, -0.25) is 0 Å². The van der Waals surface area contributed by atoms with Crippen LogP contribution in [0.2, 0.25) is 0 Å². The first-order valence-electron chi connectivity index (χ1n) is 7.91. The summed E-state index contributed by atoms with van der Waals surface area (Å²) in [6, 6.07) is 7.49. The highest BCUT2D eigenvalue weighted by Gasteiger charge is 2.37. The number of hydrogen-bond donors (Lipinski definition) is 2. The van der Waals surface area contributed by atoms with E-state index in [-0.39, 0.29) is 5.54 Å². The molecule has 1 saturated carbocycles. The third-order valence-electron chi connectivity index (χ3n) is 5.49. The minimum Gasteiger partial charge on any atom is -0.508 e. The number of nitrogens with two attached hydrogens (primary N) is 1. The quantitative estimate of drug-likeness (QED) is 0.862. The molecule has 2 rings (SSSR count). The van der Waals surface area contributed by atoms with Crippen LogP contribution in [0.4, 0.5) is 0 Å². The zero-order valence-corrected chi connectivity index (χ0v) is 13.2. The maximum Gasteiger partial charge on any atom is 0.115 e. The summed E-state index contributed by atoms with van der Waals surface area (Å²) >= 11 is 0. The summed E-state index contributed by atoms with van der Waals surface area (Å²) in [6.45, 7) is 7.07. The van der Waals surface area contributed by atoms with Gasteiger partial charge in [-0.2, -0.15) is 0 Å². The van der Waals surface area contributed by atoms with Crippen LogP contribution in [0.25, 0.3) is 0 Å². The van der Waals surface area contributed by atoms with Crippen molar-refractivity contribution in [2.75, 3.05) is 0 Å². The van der Waals surface area contributed by atoms with E-state index < -0.39 is 0 Å². The average Bonchev–Trinajstić information content (AvgIpc) is 2.42. The van der Waals surface area contributed by atoms with Crippen LogP contribution in [0, 0.1) is 11.3 Å². The highest BCUT2D eigenvalue weighted by Crippen LogP contribution is 2.43. The van der Waals surface area contributed by atoms with E-state index in [2.05, 4.69) is 20.8 Å². The normalized spacial score (nSPS) is 27.5. The highest BCUT2D eigenvalue weighted by molar-refractivity contribution is 5.27. The summed E-state index contributed by atoms with van der Waals surface area (Å²) in [5.41, 5.74) is 8.23. The van der Waals surface area contributed by atoms with Crippen LogP contribution >= 0.6 is 0 Å². The number of aromatic hydroxyl groups is 1. The molecule has 2 heteroatoms. The molecule has 0 heterocycles. The number of phenolic OH excluding ortho intramolecular Hbond substituents is 1. The zero-order chi connectivity index (χ0) is 14.8. The van der Waals surface area contributed by atoms with Gasteiger partial charge in [0.1, 0.15) is 5.75 Å². The Hall–Kier alpha value is -1.02. The van der Waals surface area contributed by atoms with Crippen molar-refractivity contribution in [3.63, 3.8) is 0 Å². The molecule has 0 amide bonds. The summed E-state index contributed by atoms with van der Waals surface area (Å²) in [5.74, 6) is 1.14. The summed E-state index contributed by atoms with van der Waals surface area (Å²) in [7, 11) is 0. The highest BCUT2D eigenvalue weighted by atomic mass is 16.3.